The standard InChI is InChI=1S/C7H9N3S/c1-5(9)2-6-4-11-7(3-8)10-6/h4-5H,2,9H2,1H3/t5-/m0/s1. The van der Waals surface area contributed by atoms with Gasteiger partial charge in [0.2, 0.25) is 0 Å². The maximum Gasteiger partial charge on any atom is 0.194 e. The first-order valence-corrected chi connectivity index (χ1v) is 4.20. The van der Waals surface area contributed by atoms with Gasteiger partial charge in [-0.2, -0.15) is 5.26 Å². The van der Waals surface area contributed by atoms with Crippen LogP contribution in [0, 0.1) is 11.3 Å². The lowest BCUT2D eigenvalue weighted by Gasteiger charge is -1.98. The molecule has 0 spiro atoms. The van der Waals surface area contributed by atoms with Gasteiger partial charge in [-0.25, -0.2) is 4.98 Å². The molecule has 0 aliphatic rings. The average molecular weight is 167 g/mol. The quantitative estimate of drug-likeness (QED) is 0.712. The Morgan fingerprint density at radius 3 is 3.09 bits per heavy atom. The molecule has 0 unspecified atom stereocenters. The van der Waals surface area contributed by atoms with Crippen molar-refractivity contribution in [1.82, 2.24) is 4.98 Å². The van der Waals surface area contributed by atoms with Crippen LogP contribution in [0.4, 0.5) is 0 Å². The molecule has 1 atom stereocenters. The summed E-state index contributed by atoms with van der Waals surface area (Å²) < 4.78 is 0. The van der Waals surface area contributed by atoms with Crippen LogP contribution in [0.25, 0.3) is 0 Å². The molecule has 2 N–H and O–H groups in total. The lowest BCUT2D eigenvalue weighted by Crippen LogP contribution is -2.17. The number of nitriles is 1. The van der Waals surface area contributed by atoms with Gasteiger partial charge in [-0.15, -0.1) is 11.3 Å². The van der Waals surface area contributed by atoms with Crippen molar-refractivity contribution < 1.29 is 0 Å². The highest BCUT2D eigenvalue weighted by Crippen LogP contribution is 2.09. The fourth-order valence-electron chi connectivity index (χ4n) is 0.782. The molecule has 0 amide bonds. The Morgan fingerprint density at radius 1 is 1.91 bits per heavy atom. The number of nitrogens with two attached hydrogens (primary N) is 1. The highest BCUT2D eigenvalue weighted by atomic mass is 32.1. The van der Waals surface area contributed by atoms with Gasteiger partial charge in [0.25, 0.3) is 0 Å². The van der Waals surface area contributed by atoms with Gasteiger partial charge in [0.15, 0.2) is 5.01 Å². The van der Waals surface area contributed by atoms with Crippen molar-refractivity contribution in [3.8, 4) is 6.07 Å². The van der Waals surface area contributed by atoms with Gasteiger partial charge >= 0.3 is 0 Å². The molecule has 0 bridgehead atoms. The molecule has 1 heterocycles. The SMILES string of the molecule is C[C@H](N)Cc1csc(C#N)n1. The summed E-state index contributed by atoms with van der Waals surface area (Å²) >= 11 is 1.36. The average Bonchev–Trinajstić information content (AvgIpc) is 2.34. The van der Waals surface area contributed by atoms with E-state index in [1.54, 1.807) is 0 Å². The number of hydrogen-bond acceptors (Lipinski definition) is 4. The minimum absolute atomic E-state index is 0.114. The molecule has 0 saturated carbocycles. The Balaban J connectivity index is 2.67. The zero-order valence-corrected chi connectivity index (χ0v) is 7.06. The van der Waals surface area contributed by atoms with Crippen LogP contribution in [0.15, 0.2) is 5.38 Å². The van der Waals surface area contributed by atoms with E-state index >= 15 is 0 Å². The third kappa shape index (κ3) is 2.30. The van der Waals surface area contributed by atoms with Crippen molar-refractivity contribution in [2.24, 2.45) is 5.73 Å². The van der Waals surface area contributed by atoms with E-state index in [1.807, 2.05) is 18.4 Å². The molecule has 0 radical (unpaired) electrons. The maximum atomic E-state index is 8.45. The first-order valence-electron chi connectivity index (χ1n) is 3.32. The van der Waals surface area contributed by atoms with Crippen LogP contribution >= 0.6 is 11.3 Å². The first kappa shape index (κ1) is 8.18. The normalized spacial score (nSPS) is 12.5. The van der Waals surface area contributed by atoms with E-state index in [4.69, 9.17) is 11.0 Å². The van der Waals surface area contributed by atoms with Gasteiger partial charge in [-0.05, 0) is 6.92 Å². The molecular weight excluding hydrogens is 158 g/mol. The number of nitrogens with zero attached hydrogens (tertiary/aromatic N) is 2. The van der Waals surface area contributed by atoms with Crippen LogP contribution < -0.4 is 5.73 Å². The van der Waals surface area contributed by atoms with Crippen LogP contribution in [-0.2, 0) is 6.42 Å². The number of hydrogen-bond donors (Lipinski definition) is 1. The van der Waals surface area contributed by atoms with Crippen LogP contribution in [0.2, 0.25) is 0 Å². The van der Waals surface area contributed by atoms with Gasteiger partial charge in [-0.1, -0.05) is 0 Å². The molecule has 0 aromatic carbocycles. The zero-order valence-electron chi connectivity index (χ0n) is 6.24. The van der Waals surface area contributed by atoms with Crippen molar-refractivity contribution in [2.45, 2.75) is 19.4 Å². The fourth-order valence-corrected chi connectivity index (χ4v) is 1.40. The zero-order chi connectivity index (χ0) is 8.27. The Kier molecular flexibility index (Phi) is 2.58. The highest BCUT2D eigenvalue weighted by molar-refractivity contribution is 7.10. The molecule has 4 heteroatoms. The predicted molar refractivity (Wildman–Crippen MR) is 44.2 cm³/mol. The smallest absolute Gasteiger partial charge is 0.194 e. The molecule has 58 valence electrons. The molecule has 0 aliphatic carbocycles. The van der Waals surface area contributed by atoms with E-state index in [2.05, 4.69) is 4.98 Å². The summed E-state index contributed by atoms with van der Waals surface area (Å²) in [7, 11) is 0. The number of aromatic nitrogens is 1. The summed E-state index contributed by atoms with van der Waals surface area (Å²) in [6, 6.07) is 2.10. The van der Waals surface area contributed by atoms with Crippen LogP contribution in [0.3, 0.4) is 0 Å². The van der Waals surface area contributed by atoms with E-state index in [-0.39, 0.29) is 6.04 Å². The number of thiazole rings is 1. The lowest BCUT2D eigenvalue weighted by atomic mass is 10.2. The van der Waals surface area contributed by atoms with Crippen LogP contribution in [0.1, 0.15) is 17.6 Å². The topological polar surface area (TPSA) is 62.7 Å². The van der Waals surface area contributed by atoms with Gasteiger partial charge in [0.1, 0.15) is 6.07 Å². The lowest BCUT2D eigenvalue weighted by molar-refractivity contribution is 0.725. The monoisotopic (exact) mass is 167 g/mol. The molecule has 0 fully saturated rings. The molecule has 11 heavy (non-hydrogen) atoms. The van der Waals surface area contributed by atoms with Crippen molar-refractivity contribution in [1.29, 1.82) is 5.26 Å². The van der Waals surface area contributed by atoms with Gasteiger partial charge in [0, 0.05) is 17.8 Å². The second-order valence-corrected chi connectivity index (χ2v) is 3.30. The molecule has 0 saturated heterocycles. The largest absolute Gasteiger partial charge is 0.328 e. The molecule has 1 aromatic rings. The van der Waals surface area contributed by atoms with Crippen LogP contribution in [0.5, 0.6) is 0 Å². The van der Waals surface area contributed by atoms with E-state index in [0.29, 0.717) is 5.01 Å². The molecule has 1 rings (SSSR count). The van der Waals surface area contributed by atoms with Crippen molar-refractivity contribution in [3.05, 3.63) is 16.1 Å². The summed E-state index contributed by atoms with van der Waals surface area (Å²) in [4.78, 5) is 4.05. The first-order chi connectivity index (χ1) is 5.22. The summed E-state index contributed by atoms with van der Waals surface area (Å²) in [5.74, 6) is 0. The third-order valence-corrected chi connectivity index (χ3v) is 1.97. The van der Waals surface area contributed by atoms with E-state index in [9.17, 15) is 0 Å². The van der Waals surface area contributed by atoms with Crippen LogP contribution in [-0.4, -0.2) is 11.0 Å². The van der Waals surface area contributed by atoms with Gasteiger partial charge in [-0.3, -0.25) is 0 Å². The minimum Gasteiger partial charge on any atom is -0.328 e. The molecule has 1 aromatic heterocycles. The van der Waals surface area contributed by atoms with E-state index in [1.165, 1.54) is 11.3 Å². The Hall–Kier alpha value is -0.920. The Bertz CT molecular complexity index is 271. The highest BCUT2D eigenvalue weighted by Gasteiger charge is 2.02. The predicted octanol–water partition coefficient (Wildman–Crippen LogP) is 0.904. The Labute approximate surface area is 69.5 Å². The third-order valence-electron chi connectivity index (χ3n) is 1.18. The van der Waals surface area contributed by atoms with Gasteiger partial charge in [0.05, 0.1) is 5.69 Å². The van der Waals surface area contributed by atoms with E-state index in [0.717, 1.165) is 12.1 Å². The fraction of sp³-hybridized carbons (Fsp3) is 0.429. The molecule has 0 aliphatic heterocycles. The van der Waals surface area contributed by atoms with E-state index < -0.39 is 0 Å². The van der Waals surface area contributed by atoms with Crippen molar-refractivity contribution in [3.63, 3.8) is 0 Å². The Morgan fingerprint density at radius 2 is 2.64 bits per heavy atom. The summed E-state index contributed by atoms with van der Waals surface area (Å²) in [6.07, 6.45) is 0.748. The van der Waals surface area contributed by atoms with Gasteiger partial charge < -0.3 is 5.73 Å². The summed E-state index contributed by atoms with van der Waals surface area (Å²) in [6.45, 7) is 1.92. The molecular formula is C7H9N3S. The maximum absolute atomic E-state index is 8.45. The summed E-state index contributed by atoms with van der Waals surface area (Å²) in [5.41, 5.74) is 6.47. The molecule has 3 nitrogen and oxygen atoms in total. The number of rotatable bonds is 2. The van der Waals surface area contributed by atoms with Crippen molar-refractivity contribution >= 4 is 11.3 Å². The minimum atomic E-state index is 0.114. The summed E-state index contributed by atoms with van der Waals surface area (Å²) in [5, 5.41) is 10.8. The second kappa shape index (κ2) is 3.46. The second-order valence-electron chi connectivity index (χ2n) is 2.44. The van der Waals surface area contributed by atoms with Crippen molar-refractivity contribution in [2.75, 3.05) is 0 Å².